The van der Waals surface area contributed by atoms with E-state index in [1.54, 1.807) is 54.3 Å². The van der Waals surface area contributed by atoms with Crippen molar-refractivity contribution in [3.8, 4) is 0 Å². The van der Waals surface area contributed by atoms with Gasteiger partial charge in [-0.05, 0) is 62.6 Å². The third-order valence-electron chi connectivity index (χ3n) is 6.01. The number of carboxylic acid groups (broad SMARTS) is 1. The molecule has 0 spiro atoms. The van der Waals surface area contributed by atoms with Gasteiger partial charge in [-0.25, -0.2) is 14.8 Å². The lowest BCUT2D eigenvalue weighted by Crippen LogP contribution is -2.10. The standard InChI is InChI=1S/C21H23NO5S.C9H8INOS/c1-14-5-3-6-16(19(14)21(23)24)11-25-9-4-10-27-20(17-12-26-13-22-17)18-8-7-15(2)28-18;1-6-2-3-8(13-6)9(10)7-4-12-5-11-7/h3,5-8,12-13,20H,4,9-11H2,1-2H3,(H,23,24);2-5,9H,1H3. The first-order chi connectivity index (χ1) is 19.8. The fraction of sp³-hybridized carbons (Fsp3) is 0.300. The van der Waals surface area contributed by atoms with E-state index in [4.69, 9.17) is 18.3 Å². The molecule has 1 aromatic carbocycles. The Morgan fingerprint density at radius 3 is 2.17 bits per heavy atom. The van der Waals surface area contributed by atoms with Crippen molar-refractivity contribution in [3.63, 3.8) is 0 Å². The number of carboxylic acids is 1. The molecule has 0 aliphatic rings. The number of oxazole rings is 2. The molecule has 0 saturated heterocycles. The molecule has 1 N–H and O–H groups in total. The van der Waals surface area contributed by atoms with Gasteiger partial charge in [0, 0.05) is 26.1 Å². The molecule has 0 radical (unpaired) electrons. The maximum atomic E-state index is 11.4. The maximum absolute atomic E-state index is 11.4. The predicted octanol–water partition coefficient (Wildman–Crippen LogP) is 8.33. The molecule has 11 heteroatoms. The van der Waals surface area contributed by atoms with Crippen molar-refractivity contribution in [2.75, 3.05) is 13.2 Å². The van der Waals surface area contributed by atoms with Crippen molar-refractivity contribution >= 4 is 51.2 Å². The largest absolute Gasteiger partial charge is 0.478 e. The highest BCUT2D eigenvalue weighted by Gasteiger charge is 2.19. The van der Waals surface area contributed by atoms with Crippen LogP contribution in [-0.2, 0) is 16.1 Å². The lowest BCUT2D eigenvalue weighted by molar-refractivity contribution is 0.0470. The number of ether oxygens (including phenoxy) is 2. The van der Waals surface area contributed by atoms with Gasteiger partial charge in [0.05, 0.1) is 28.4 Å². The Morgan fingerprint density at radius 1 is 0.927 bits per heavy atom. The molecule has 5 aromatic rings. The monoisotopic (exact) mass is 706 g/mol. The predicted molar refractivity (Wildman–Crippen MR) is 167 cm³/mol. The summed E-state index contributed by atoms with van der Waals surface area (Å²) < 4.78 is 22.1. The van der Waals surface area contributed by atoms with Crippen LogP contribution in [0, 0.1) is 20.8 Å². The molecular weight excluding hydrogens is 675 g/mol. The van der Waals surface area contributed by atoms with Crippen LogP contribution in [-0.4, -0.2) is 34.3 Å². The van der Waals surface area contributed by atoms with E-state index >= 15 is 0 Å². The Balaban J connectivity index is 0.000000247. The van der Waals surface area contributed by atoms with Crippen molar-refractivity contribution in [1.82, 2.24) is 9.97 Å². The minimum absolute atomic E-state index is 0.257. The van der Waals surface area contributed by atoms with Gasteiger partial charge < -0.3 is 23.4 Å². The number of aromatic nitrogens is 2. The zero-order valence-corrected chi connectivity index (χ0v) is 26.7. The number of thiophene rings is 2. The van der Waals surface area contributed by atoms with Crippen LogP contribution in [0.15, 0.2) is 76.6 Å². The van der Waals surface area contributed by atoms with Crippen LogP contribution in [0.25, 0.3) is 0 Å². The molecule has 216 valence electrons. The van der Waals surface area contributed by atoms with E-state index in [1.807, 2.05) is 12.1 Å². The molecule has 4 heterocycles. The summed E-state index contributed by atoms with van der Waals surface area (Å²) in [6.45, 7) is 7.19. The Morgan fingerprint density at radius 2 is 1.59 bits per heavy atom. The molecule has 4 aromatic heterocycles. The zero-order chi connectivity index (χ0) is 29.2. The summed E-state index contributed by atoms with van der Waals surface area (Å²) in [6, 6.07) is 13.8. The summed E-state index contributed by atoms with van der Waals surface area (Å²) in [7, 11) is 0. The third kappa shape index (κ3) is 8.82. The van der Waals surface area contributed by atoms with Gasteiger partial charge in [-0.15, -0.1) is 22.7 Å². The van der Waals surface area contributed by atoms with Crippen molar-refractivity contribution in [2.24, 2.45) is 0 Å². The van der Waals surface area contributed by atoms with Gasteiger partial charge in [0.2, 0.25) is 0 Å². The van der Waals surface area contributed by atoms with E-state index < -0.39 is 5.97 Å². The molecule has 0 amide bonds. The van der Waals surface area contributed by atoms with Crippen LogP contribution in [0.2, 0.25) is 0 Å². The minimum atomic E-state index is -0.929. The Kier molecular flexibility index (Phi) is 11.7. The molecule has 0 aliphatic heterocycles. The number of carbonyl (C=O) groups is 1. The highest BCUT2D eigenvalue weighted by Crippen LogP contribution is 2.34. The maximum Gasteiger partial charge on any atom is 0.336 e. The third-order valence-corrected chi connectivity index (χ3v) is 9.85. The van der Waals surface area contributed by atoms with Crippen LogP contribution in [0.5, 0.6) is 0 Å². The van der Waals surface area contributed by atoms with Gasteiger partial charge in [0.1, 0.15) is 24.3 Å². The van der Waals surface area contributed by atoms with Gasteiger partial charge in [-0.3, -0.25) is 0 Å². The smallest absolute Gasteiger partial charge is 0.336 e. The number of nitrogens with zero attached hydrogens (tertiary/aromatic N) is 2. The van der Waals surface area contributed by atoms with Crippen molar-refractivity contribution in [1.29, 1.82) is 0 Å². The van der Waals surface area contributed by atoms with Crippen LogP contribution in [0.4, 0.5) is 0 Å². The Bertz CT molecular complexity index is 1500. The van der Waals surface area contributed by atoms with Gasteiger partial charge in [0.15, 0.2) is 12.8 Å². The molecule has 2 atom stereocenters. The van der Waals surface area contributed by atoms with Gasteiger partial charge in [0.25, 0.3) is 0 Å². The van der Waals surface area contributed by atoms with Gasteiger partial charge in [-0.1, -0.05) is 40.8 Å². The number of benzene rings is 1. The average molecular weight is 707 g/mol. The Hall–Kier alpha value is -2.84. The quantitative estimate of drug-likeness (QED) is 0.0784. The minimum Gasteiger partial charge on any atom is -0.478 e. The molecule has 2 unspecified atom stereocenters. The summed E-state index contributed by atoms with van der Waals surface area (Å²) in [5.74, 6) is -0.929. The molecule has 0 bridgehead atoms. The van der Waals surface area contributed by atoms with Crippen LogP contribution >= 0.6 is 45.3 Å². The number of halogens is 1. The van der Waals surface area contributed by atoms with Crippen LogP contribution in [0.3, 0.4) is 0 Å². The summed E-state index contributed by atoms with van der Waals surface area (Å²) in [5, 5.41) is 9.36. The highest BCUT2D eigenvalue weighted by molar-refractivity contribution is 14.1. The van der Waals surface area contributed by atoms with Crippen LogP contribution in [0.1, 0.15) is 68.8 Å². The summed E-state index contributed by atoms with van der Waals surface area (Å²) in [6.07, 6.45) is 6.60. The van der Waals surface area contributed by atoms with Gasteiger partial charge >= 0.3 is 5.97 Å². The van der Waals surface area contributed by atoms with E-state index in [9.17, 15) is 9.90 Å². The summed E-state index contributed by atoms with van der Waals surface area (Å²) in [5.41, 5.74) is 3.47. The molecule has 0 fully saturated rings. The second-order valence-electron chi connectivity index (χ2n) is 9.16. The fourth-order valence-electron chi connectivity index (χ4n) is 4.04. The summed E-state index contributed by atoms with van der Waals surface area (Å²) >= 11 is 5.85. The second kappa shape index (κ2) is 15.4. The molecule has 41 heavy (non-hydrogen) atoms. The van der Waals surface area contributed by atoms with E-state index in [1.165, 1.54) is 27.4 Å². The molecular formula is C30H31IN2O6S2. The van der Waals surface area contributed by atoms with Crippen molar-refractivity contribution in [2.45, 2.75) is 43.8 Å². The second-order valence-corrected chi connectivity index (χ2v) is 13.0. The number of hydrogen-bond acceptors (Lipinski definition) is 9. The number of aromatic carboxylic acids is 1. The van der Waals surface area contributed by atoms with E-state index in [0.29, 0.717) is 34.7 Å². The number of aryl methyl sites for hydroxylation is 3. The van der Waals surface area contributed by atoms with Gasteiger partial charge in [-0.2, -0.15) is 0 Å². The molecule has 5 rings (SSSR count). The zero-order valence-electron chi connectivity index (χ0n) is 22.9. The molecule has 0 saturated carbocycles. The first-order valence-corrected chi connectivity index (χ1v) is 15.8. The molecule has 8 nitrogen and oxygen atoms in total. The van der Waals surface area contributed by atoms with E-state index in [0.717, 1.165) is 21.8 Å². The normalized spacial score (nSPS) is 12.5. The fourth-order valence-corrected chi connectivity index (χ4v) is 6.75. The van der Waals surface area contributed by atoms with Crippen molar-refractivity contribution in [3.05, 3.63) is 115 Å². The topological polar surface area (TPSA) is 108 Å². The first-order valence-electron chi connectivity index (χ1n) is 12.9. The summed E-state index contributed by atoms with van der Waals surface area (Å²) in [4.78, 5) is 24.7. The number of rotatable bonds is 12. The lowest BCUT2D eigenvalue weighted by Gasteiger charge is -2.14. The average Bonchev–Trinajstić information content (AvgIpc) is 3.77. The SMILES string of the molecule is Cc1ccc(C(I)c2cocn2)s1.Cc1ccc(C(OCCCOCc2cccc(C)c2C(=O)O)c2cocn2)s1. The van der Waals surface area contributed by atoms with Crippen molar-refractivity contribution < 1.29 is 28.2 Å². The van der Waals surface area contributed by atoms with E-state index in [2.05, 4.69) is 64.6 Å². The first kappa shape index (κ1) is 31.1. The lowest BCUT2D eigenvalue weighted by atomic mass is 10.0. The van der Waals surface area contributed by atoms with E-state index in [-0.39, 0.29) is 12.7 Å². The number of alkyl halides is 1. The highest BCUT2D eigenvalue weighted by atomic mass is 127. The Labute approximate surface area is 260 Å². The number of hydrogen-bond donors (Lipinski definition) is 1. The molecule has 0 aliphatic carbocycles. The van der Waals surface area contributed by atoms with Crippen LogP contribution < -0.4 is 0 Å².